The number of halogens is 6. The maximum Gasteiger partial charge on any atom is 0.416 e. The van der Waals surface area contributed by atoms with Crippen LogP contribution in [0.1, 0.15) is 27.0 Å². The van der Waals surface area contributed by atoms with Crippen molar-refractivity contribution in [3.8, 4) is 5.75 Å². The molecule has 0 aromatic heterocycles. The molecule has 0 bridgehead atoms. The van der Waals surface area contributed by atoms with E-state index in [1.807, 2.05) is 0 Å². The fraction of sp³-hybridized carbons (Fsp3) is 0.188. The van der Waals surface area contributed by atoms with Crippen molar-refractivity contribution in [2.24, 2.45) is 0 Å². The second kappa shape index (κ2) is 6.66. The Morgan fingerprint density at radius 1 is 0.920 bits per heavy atom. The van der Waals surface area contributed by atoms with Crippen molar-refractivity contribution in [1.82, 2.24) is 0 Å². The molecule has 0 radical (unpaired) electrons. The third kappa shape index (κ3) is 4.65. The highest BCUT2D eigenvalue weighted by Gasteiger charge is 2.38. The average molecular weight is 364 g/mol. The van der Waals surface area contributed by atoms with Crippen molar-refractivity contribution < 1.29 is 41.0 Å². The van der Waals surface area contributed by atoms with Crippen LogP contribution in [0.15, 0.2) is 42.5 Å². The Balaban J connectivity index is 2.25. The van der Waals surface area contributed by atoms with Gasteiger partial charge in [-0.1, -0.05) is 6.07 Å². The summed E-state index contributed by atoms with van der Waals surface area (Å²) >= 11 is 0. The summed E-state index contributed by atoms with van der Waals surface area (Å²) in [5, 5.41) is 8.74. The molecular formula is C16H10F6O3. The van der Waals surface area contributed by atoms with E-state index in [-0.39, 0.29) is 17.4 Å². The number of carboxylic acids is 1. The lowest BCUT2D eigenvalue weighted by Gasteiger charge is -2.16. The van der Waals surface area contributed by atoms with Crippen LogP contribution < -0.4 is 4.74 Å². The molecular weight excluding hydrogens is 354 g/mol. The number of alkyl halides is 6. The fourth-order valence-electron chi connectivity index (χ4n) is 2.00. The molecule has 0 aliphatic rings. The lowest BCUT2D eigenvalue weighted by atomic mass is 10.0. The number of hydrogen-bond donors (Lipinski definition) is 1. The van der Waals surface area contributed by atoms with E-state index in [0.717, 1.165) is 0 Å². The minimum Gasteiger partial charge on any atom is -0.489 e. The van der Waals surface area contributed by atoms with Crippen molar-refractivity contribution in [3.05, 3.63) is 64.7 Å². The molecule has 0 heterocycles. The first-order chi connectivity index (χ1) is 11.5. The van der Waals surface area contributed by atoms with E-state index in [1.165, 1.54) is 24.3 Å². The van der Waals surface area contributed by atoms with Crippen LogP contribution in [0.3, 0.4) is 0 Å². The SMILES string of the molecule is O=C(O)c1ccc(OCc2ccc(C(F)(F)F)cc2C(F)(F)F)cc1. The van der Waals surface area contributed by atoms with Crippen LogP contribution in [0.2, 0.25) is 0 Å². The summed E-state index contributed by atoms with van der Waals surface area (Å²) in [6.07, 6.45) is -9.88. The highest BCUT2D eigenvalue weighted by Crippen LogP contribution is 2.37. The first kappa shape index (κ1) is 18.6. The van der Waals surface area contributed by atoms with Gasteiger partial charge in [0.25, 0.3) is 0 Å². The second-order valence-electron chi connectivity index (χ2n) is 4.99. The van der Waals surface area contributed by atoms with Crippen LogP contribution in [0.25, 0.3) is 0 Å². The molecule has 1 N–H and O–H groups in total. The Morgan fingerprint density at radius 3 is 2.00 bits per heavy atom. The molecule has 0 fully saturated rings. The summed E-state index contributed by atoms with van der Waals surface area (Å²) in [6, 6.07) is 6.14. The maximum atomic E-state index is 13.0. The Labute approximate surface area is 137 Å². The van der Waals surface area contributed by atoms with Gasteiger partial charge in [0.2, 0.25) is 0 Å². The number of carbonyl (C=O) groups is 1. The number of hydrogen-bond acceptors (Lipinski definition) is 2. The Hall–Kier alpha value is -2.71. The van der Waals surface area contributed by atoms with Crippen LogP contribution in [-0.2, 0) is 19.0 Å². The van der Waals surface area contributed by atoms with Gasteiger partial charge in [0.1, 0.15) is 12.4 Å². The van der Waals surface area contributed by atoms with Crippen LogP contribution in [-0.4, -0.2) is 11.1 Å². The molecule has 0 spiro atoms. The van der Waals surface area contributed by atoms with Crippen molar-refractivity contribution in [2.45, 2.75) is 19.0 Å². The molecule has 134 valence electrons. The van der Waals surface area contributed by atoms with E-state index in [1.54, 1.807) is 0 Å². The molecule has 0 aliphatic heterocycles. The highest BCUT2D eigenvalue weighted by atomic mass is 19.4. The molecule has 25 heavy (non-hydrogen) atoms. The molecule has 0 atom stereocenters. The molecule has 0 amide bonds. The van der Waals surface area contributed by atoms with Crippen molar-refractivity contribution in [3.63, 3.8) is 0 Å². The predicted molar refractivity (Wildman–Crippen MR) is 74.2 cm³/mol. The molecule has 0 aliphatic carbocycles. The third-order valence-corrected chi connectivity index (χ3v) is 3.24. The van der Waals surface area contributed by atoms with E-state index in [2.05, 4.69) is 0 Å². The van der Waals surface area contributed by atoms with E-state index in [9.17, 15) is 31.1 Å². The number of aromatic carboxylic acids is 1. The van der Waals surface area contributed by atoms with Gasteiger partial charge in [-0.3, -0.25) is 0 Å². The van der Waals surface area contributed by atoms with Crippen molar-refractivity contribution in [1.29, 1.82) is 0 Å². The topological polar surface area (TPSA) is 46.5 Å². The second-order valence-corrected chi connectivity index (χ2v) is 4.99. The van der Waals surface area contributed by atoms with Gasteiger partial charge < -0.3 is 9.84 Å². The van der Waals surface area contributed by atoms with Gasteiger partial charge in [-0.05, 0) is 36.4 Å². The van der Waals surface area contributed by atoms with E-state index >= 15 is 0 Å². The van der Waals surface area contributed by atoms with Gasteiger partial charge in [-0.2, -0.15) is 26.3 Å². The van der Waals surface area contributed by atoms with E-state index in [0.29, 0.717) is 12.1 Å². The summed E-state index contributed by atoms with van der Waals surface area (Å²) in [4.78, 5) is 10.7. The fourth-order valence-corrected chi connectivity index (χ4v) is 2.00. The maximum absolute atomic E-state index is 13.0. The zero-order chi connectivity index (χ0) is 18.8. The lowest BCUT2D eigenvalue weighted by molar-refractivity contribution is -0.143. The largest absolute Gasteiger partial charge is 0.489 e. The lowest BCUT2D eigenvalue weighted by Crippen LogP contribution is -2.14. The van der Waals surface area contributed by atoms with Crippen molar-refractivity contribution >= 4 is 5.97 Å². The van der Waals surface area contributed by atoms with Crippen LogP contribution >= 0.6 is 0 Å². The summed E-state index contributed by atoms with van der Waals surface area (Å²) < 4.78 is 81.9. The van der Waals surface area contributed by atoms with E-state index in [4.69, 9.17) is 9.84 Å². The monoisotopic (exact) mass is 364 g/mol. The molecule has 0 saturated carbocycles. The van der Waals surface area contributed by atoms with Crippen LogP contribution in [0, 0.1) is 0 Å². The summed E-state index contributed by atoms with van der Waals surface area (Å²) in [5.41, 5.74) is -3.36. The zero-order valence-electron chi connectivity index (χ0n) is 12.3. The zero-order valence-corrected chi connectivity index (χ0v) is 12.3. The number of benzene rings is 2. The summed E-state index contributed by atoms with van der Waals surface area (Å²) in [6.45, 7) is -0.626. The van der Waals surface area contributed by atoms with Gasteiger partial charge in [0.15, 0.2) is 0 Å². The van der Waals surface area contributed by atoms with Crippen molar-refractivity contribution in [2.75, 3.05) is 0 Å². The third-order valence-electron chi connectivity index (χ3n) is 3.24. The standard InChI is InChI=1S/C16H10F6O3/c17-15(18,19)11-4-1-10(13(7-11)16(20,21)22)8-25-12-5-2-9(3-6-12)14(23)24/h1-7H,8H2,(H,23,24). The predicted octanol–water partition coefficient (Wildman–Crippen LogP) is 5.00. The Kier molecular flexibility index (Phi) is 4.96. The highest BCUT2D eigenvalue weighted by molar-refractivity contribution is 5.87. The number of ether oxygens (including phenoxy) is 1. The van der Waals surface area contributed by atoms with Crippen LogP contribution in [0.4, 0.5) is 26.3 Å². The number of rotatable bonds is 4. The van der Waals surface area contributed by atoms with Gasteiger partial charge >= 0.3 is 18.3 Å². The minimum atomic E-state index is -4.98. The van der Waals surface area contributed by atoms with Crippen LogP contribution in [0.5, 0.6) is 5.75 Å². The molecule has 2 rings (SSSR count). The first-order valence-electron chi connectivity index (χ1n) is 6.72. The first-order valence-corrected chi connectivity index (χ1v) is 6.72. The normalized spacial score (nSPS) is 12.1. The van der Waals surface area contributed by atoms with E-state index < -0.39 is 41.6 Å². The van der Waals surface area contributed by atoms with Gasteiger partial charge in [0.05, 0.1) is 16.7 Å². The average Bonchev–Trinajstić information content (AvgIpc) is 2.51. The van der Waals surface area contributed by atoms with Gasteiger partial charge in [-0.25, -0.2) is 4.79 Å². The summed E-state index contributed by atoms with van der Waals surface area (Å²) in [5.74, 6) is -1.10. The molecule has 2 aromatic carbocycles. The van der Waals surface area contributed by atoms with Gasteiger partial charge in [0, 0.05) is 5.56 Å². The molecule has 2 aromatic rings. The summed E-state index contributed by atoms with van der Waals surface area (Å²) in [7, 11) is 0. The quantitative estimate of drug-likeness (QED) is 0.777. The molecule has 0 saturated heterocycles. The molecule has 3 nitrogen and oxygen atoms in total. The Morgan fingerprint density at radius 2 is 1.52 bits per heavy atom. The molecule has 9 heteroatoms. The number of carboxylic acid groups (broad SMARTS) is 1. The smallest absolute Gasteiger partial charge is 0.416 e. The van der Waals surface area contributed by atoms with Gasteiger partial charge in [-0.15, -0.1) is 0 Å². The Bertz CT molecular complexity index is 763. The molecule has 0 unspecified atom stereocenters. The minimum absolute atomic E-state index is 0.0339.